The van der Waals surface area contributed by atoms with E-state index in [1.165, 1.54) is 23.5 Å². The molecule has 0 saturated heterocycles. The van der Waals surface area contributed by atoms with Gasteiger partial charge >= 0.3 is 6.09 Å². The molecule has 0 fully saturated rings. The quantitative estimate of drug-likeness (QED) is 0.437. The number of anilines is 1. The number of hydrogen-bond donors (Lipinski definition) is 1. The van der Waals surface area contributed by atoms with E-state index in [9.17, 15) is 14.9 Å². The highest BCUT2D eigenvalue weighted by Crippen LogP contribution is 2.35. The van der Waals surface area contributed by atoms with E-state index in [1.807, 2.05) is 43.5 Å². The van der Waals surface area contributed by atoms with Crippen LogP contribution in [0.25, 0.3) is 10.4 Å². The highest BCUT2D eigenvalue weighted by molar-refractivity contribution is 7.14. The van der Waals surface area contributed by atoms with Crippen molar-refractivity contribution >= 4 is 28.8 Å². The molecule has 0 bridgehead atoms. The molecule has 7 heteroatoms. The molecule has 2 aromatic carbocycles. The Labute approximate surface area is 160 Å². The summed E-state index contributed by atoms with van der Waals surface area (Å²) in [6.45, 7) is 3.80. The topological polar surface area (TPSA) is 81.5 Å². The molecule has 27 heavy (non-hydrogen) atoms. The van der Waals surface area contributed by atoms with Gasteiger partial charge in [0.1, 0.15) is 6.10 Å². The molecule has 0 aliphatic carbocycles. The van der Waals surface area contributed by atoms with Crippen LogP contribution in [0.1, 0.15) is 24.2 Å². The second-order valence-corrected chi connectivity index (χ2v) is 6.91. The number of non-ortho nitro benzene ring substituents is 1. The number of nitro benzene ring substituents is 1. The molecular weight excluding hydrogens is 364 g/mol. The van der Waals surface area contributed by atoms with Crippen LogP contribution in [0.3, 0.4) is 0 Å². The lowest BCUT2D eigenvalue weighted by atomic mass is 10.1. The average molecular weight is 382 g/mol. The number of rotatable bonds is 5. The van der Waals surface area contributed by atoms with Gasteiger partial charge in [0, 0.05) is 12.1 Å². The van der Waals surface area contributed by atoms with Crippen molar-refractivity contribution in [1.29, 1.82) is 0 Å². The molecule has 1 amide bonds. The number of ether oxygens (including phenoxy) is 1. The molecule has 1 N–H and O–H groups in total. The molecule has 1 aromatic heterocycles. The fourth-order valence-electron chi connectivity index (χ4n) is 2.77. The van der Waals surface area contributed by atoms with Crippen molar-refractivity contribution in [3.63, 3.8) is 0 Å². The van der Waals surface area contributed by atoms with E-state index >= 15 is 0 Å². The monoisotopic (exact) mass is 382 g/mol. The van der Waals surface area contributed by atoms with Crippen LogP contribution in [0.2, 0.25) is 0 Å². The predicted molar refractivity (Wildman–Crippen MR) is 106 cm³/mol. The van der Waals surface area contributed by atoms with Crippen LogP contribution in [-0.2, 0) is 4.74 Å². The van der Waals surface area contributed by atoms with Gasteiger partial charge in [0.15, 0.2) is 0 Å². The zero-order valence-corrected chi connectivity index (χ0v) is 15.7. The fraction of sp³-hybridized carbons (Fsp3) is 0.150. The number of nitrogens with zero attached hydrogens (tertiary/aromatic N) is 1. The maximum atomic E-state index is 12.3. The van der Waals surface area contributed by atoms with Crippen LogP contribution in [0.4, 0.5) is 16.2 Å². The second-order valence-electron chi connectivity index (χ2n) is 6.00. The Morgan fingerprint density at radius 3 is 2.52 bits per heavy atom. The molecule has 0 radical (unpaired) electrons. The number of carbonyl (C=O) groups excluding carboxylic acids is 1. The van der Waals surface area contributed by atoms with Gasteiger partial charge in [-0.1, -0.05) is 24.3 Å². The number of nitro groups is 1. The van der Waals surface area contributed by atoms with Gasteiger partial charge in [-0.2, -0.15) is 0 Å². The van der Waals surface area contributed by atoms with Gasteiger partial charge < -0.3 is 4.74 Å². The normalized spacial score (nSPS) is 11.6. The minimum atomic E-state index is -0.549. The summed E-state index contributed by atoms with van der Waals surface area (Å²) in [7, 11) is 0. The van der Waals surface area contributed by atoms with Gasteiger partial charge in [-0.3, -0.25) is 15.4 Å². The van der Waals surface area contributed by atoms with Crippen molar-refractivity contribution in [3.05, 3.63) is 81.2 Å². The van der Waals surface area contributed by atoms with Crippen molar-refractivity contribution < 1.29 is 14.5 Å². The lowest BCUT2D eigenvalue weighted by Gasteiger charge is -2.16. The zero-order chi connectivity index (χ0) is 19.4. The number of carbonyl (C=O) groups is 1. The minimum Gasteiger partial charge on any atom is -0.441 e. The molecule has 138 valence electrons. The van der Waals surface area contributed by atoms with E-state index in [2.05, 4.69) is 5.32 Å². The standard InChI is InChI=1S/C20H18N2O4S/c1-13-5-3-4-6-17(13)14(2)26-20(23)21-18-11-12-27-19(18)15-7-9-16(10-8-15)22(24)25/h3-12,14H,1-2H3,(H,21,23). The number of nitrogens with one attached hydrogen (secondary N) is 1. The van der Waals surface area contributed by atoms with Crippen molar-refractivity contribution in [2.45, 2.75) is 20.0 Å². The van der Waals surface area contributed by atoms with Crippen LogP contribution in [0, 0.1) is 17.0 Å². The zero-order valence-electron chi connectivity index (χ0n) is 14.8. The summed E-state index contributed by atoms with van der Waals surface area (Å²) in [4.78, 5) is 23.5. The van der Waals surface area contributed by atoms with E-state index < -0.39 is 11.0 Å². The molecule has 0 spiro atoms. The highest BCUT2D eigenvalue weighted by atomic mass is 32.1. The van der Waals surface area contributed by atoms with Crippen LogP contribution in [-0.4, -0.2) is 11.0 Å². The Balaban J connectivity index is 1.71. The van der Waals surface area contributed by atoms with Crippen LogP contribution >= 0.6 is 11.3 Å². The van der Waals surface area contributed by atoms with E-state index in [-0.39, 0.29) is 11.8 Å². The number of amides is 1. The van der Waals surface area contributed by atoms with Crippen molar-refractivity contribution in [2.75, 3.05) is 5.32 Å². The third kappa shape index (κ3) is 4.32. The first-order valence-corrected chi connectivity index (χ1v) is 9.19. The summed E-state index contributed by atoms with van der Waals surface area (Å²) < 4.78 is 5.50. The van der Waals surface area contributed by atoms with Gasteiger partial charge in [-0.15, -0.1) is 11.3 Å². The van der Waals surface area contributed by atoms with Crippen LogP contribution in [0.5, 0.6) is 0 Å². The molecule has 1 heterocycles. The van der Waals surface area contributed by atoms with E-state index in [0.717, 1.165) is 21.6 Å². The fourth-order valence-corrected chi connectivity index (χ4v) is 3.63. The molecule has 0 aliphatic rings. The van der Waals surface area contributed by atoms with Crippen molar-refractivity contribution in [2.24, 2.45) is 0 Å². The summed E-state index contributed by atoms with van der Waals surface area (Å²) in [6, 6.07) is 15.7. The number of aryl methyl sites for hydroxylation is 1. The molecule has 0 aliphatic heterocycles. The van der Waals surface area contributed by atoms with E-state index in [4.69, 9.17) is 4.74 Å². The summed E-state index contributed by atoms with van der Waals surface area (Å²) in [5, 5.41) is 15.4. The molecule has 3 aromatic rings. The first-order valence-electron chi connectivity index (χ1n) is 8.31. The first kappa shape index (κ1) is 18.6. The lowest BCUT2D eigenvalue weighted by Crippen LogP contribution is -2.16. The smallest absolute Gasteiger partial charge is 0.412 e. The Hall–Kier alpha value is -3.19. The van der Waals surface area contributed by atoms with Crippen molar-refractivity contribution in [3.8, 4) is 10.4 Å². The second kappa shape index (κ2) is 8.01. The summed E-state index contributed by atoms with van der Waals surface area (Å²) in [6.07, 6.45) is -0.931. The van der Waals surface area contributed by atoms with Crippen LogP contribution < -0.4 is 5.32 Å². The number of thiophene rings is 1. The molecular formula is C20H18N2O4S. The third-order valence-electron chi connectivity index (χ3n) is 4.15. The van der Waals surface area contributed by atoms with Crippen molar-refractivity contribution in [1.82, 2.24) is 0 Å². The van der Waals surface area contributed by atoms with E-state index in [0.29, 0.717) is 5.69 Å². The summed E-state index contributed by atoms with van der Waals surface area (Å²) in [5.41, 5.74) is 3.43. The first-order chi connectivity index (χ1) is 13.0. The molecule has 3 rings (SSSR count). The molecule has 1 unspecified atom stereocenters. The van der Waals surface area contributed by atoms with Gasteiger partial charge in [0.25, 0.3) is 5.69 Å². The Morgan fingerprint density at radius 1 is 1.15 bits per heavy atom. The molecule has 0 saturated carbocycles. The largest absolute Gasteiger partial charge is 0.441 e. The Bertz CT molecular complexity index is 966. The summed E-state index contributed by atoms with van der Waals surface area (Å²) >= 11 is 1.44. The number of hydrogen-bond acceptors (Lipinski definition) is 5. The van der Waals surface area contributed by atoms with Crippen LogP contribution in [0.15, 0.2) is 60.0 Å². The minimum absolute atomic E-state index is 0.0243. The van der Waals surface area contributed by atoms with Gasteiger partial charge in [0.2, 0.25) is 0 Å². The highest BCUT2D eigenvalue weighted by Gasteiger charge is 2.16. The van der Waals surface area contributed by atoms with Gasteiger partial charge in [0.05, 0.1) is 15.5 Å². The Morgan fingerprint density at radius 2 is 1.85 bits per heavy atom. The third-order valence-corrected chi connectivity index (χ3v) is 5.12. The van der Waals surface area contributed by atoms with E-state index in [1.54, 1.807) is 18.2 Å². The van der Waals surface area contributed by atoms with Gasteiger partial charge in [-0.05, 0) is 54.1 Å². The maximum Gasteiger partial charge on any atom is 0.412 e. The maximum absolute atomic E-state index is 12.3. The SMILES string of the molecule is Cc1ccccc1C(C)OC(=O)Nc1ccsc1-c1ccc([N+](=O)[O-])cc1. The summed E-state index contributed by atoms with van der Waals surface area (Å²) in [5.74, 6) is 0. The lowest BCUT2D eigenvalue weighted by molar-refractivity contribution is -0.384. The predicted octanol–water partition coefficient (Wildman–Crippen LogP) is 5.94. The molecule has 6 nitrogen and oxygen atoms in total. The number of benzene rings is 2. The average Bonchev–Trinajstić information content (AvgIpc) is 3.10. The van der Waals surface area contributed by atoms with Gasteiger partial charge in [-0.25, -0.2) is 4.79 Å². The Kier molecular flexibility index (Phi) is 5.52. The molecule has 1 atom stereocenters.